The Balaban J connectivity index is 1.70. The summed E-state index contributed by atoms with van der Waals surface area (Å²) in [6.45, 7) is 0. The molecule has 1 saturated heterocycles. The molecule has 150 valence electrons. The summed E-state index contributed by atoms with van der Waals surface area (Å²) in [6.07, 6.45) is -0.634. The largest absolute Gasteiger partial charge is 0.448 e. The summed E-state index contributed by atoms with van der Waals surface area (Å²) >= 11 is 3.34. The van der Waals surface area contributed by atoms with E-state index in [1.54, 1.807) is 0 Å². The van der Waals surface area contributed by atoms with E-state index in [2.05, 4.69) is 15.9 Å². The highest BCUT2D eigenvalue weighted by Gasteiger charge is 2.55. The lowest BCUT2D eigenvalue weighted by atomic mass is 10.0. The van der Waals surface area contributed by atoms with Crippen molar-refractivity contribution in [3.05, 3.63) is 83.1 Å². The average Bonchev–Trinajstić information content (AvgIpc) is 2.77. The van der Waals surface area contributed by atoms with Gasteiger partial charge in [-0.25, -0.2) is 4.79 Å². The molecule has 4 rings (SSSR count). The molecule has 2 aliphatic rings. The number of rotatable bonds is 5. The van der Waals surface area contributed by atoms with Gasteiger partial charge in [-0.3, -0.25) is 13.9 Å². The molecular formula is C21H19BrN2O4S. The lowest BCUT2D eigenvalue weighted by molar-refractivity contribution is -0.153. The second-order valence-electron chi connectivity index (χ2n) is 6.84. The molecule has 2 aromatic carbocycles. The van der Waals surface area contributed by atoms with Crippen molar-refractivity contribution in [2.24, 2.45) is 5.73 Å². The van der Waals surface area contributed by atoms with E-state index < -0.39 is 40.2 Å². The highest BCUT2D eigenvalue weighted by atomic mass is 79.9. The Morgan fingerprint density at radius 1 is 1.14 bits per heavy atom. The van der Waals surface area contributed by atoms with Crippen LogP contribution in [-0.2, 0) is 25.1 Å². The Bertz CT molecular complexity index is 957. The van der Waals surface area contributed by atoms with Crippen LogP contribution in [-0.4, -0.2) is 43.5 Å². The maximum atomic E-state index is 13.2. The number of amides is 1. The Morgan fingerprint density at radius 2 is 1.69 bits per heavy atom. The quantitative estimate of drug-likeness (QED) is 0.407. The number of fused-ring (bicyclic) bond motifs is 1. The van der Waals surface area contributed by atoms with Gasteiger partial charge in [0.25, 0.3) is 0 Å². The van der Waals surface area contributed by atoms with Gasteiger partial charge in [0, 0.05) is 5.33 Å². The summed E-state index contributed by atoms with van der Waals surface area (Å²) in [4.78, 5) is 26.8. The van der Waals surface area contributed by atoms with E-state index in [1.165, 1.54) is 4.90 Å². The number of carbonyl (C=O) groups excluding carboxylic acids is 2. The van der Waals surface area contributed by atoms with Crippen molar-refractivity contribution in [1.82, 2.24) is 4.90 Å². The van der Waals surface area contributed by atoms with Crippen molar-refractivity contribution >= 4 is 38.6 Å². The molecule has 0 spiro atoms. The number of nitrogens with zero attached hydrogens (tertiary/aromatic N) is 1. The van der Waals surface area contributed by atoms with Gasteiger partial charge in [-0.1, -0.05) is 76.6 Å². The Morgan fingerprint density at radius 3 is 2.21 bits per heavy atom. The van der Waals surface area contributed by atoms with Crippen LogP contribution < -0.4 is 5.73 Å². The van der Waals surface area contributed by atoms with Crippen LogP contribution in [0.4, 0.5) is 0 Å². The zero-order valence-corrected chi connectivity index (χ0v) is 17.8. The van der Waals surface area contributed by atoms with Gasteiger partial charge in [-0.15, -0.1) is 0 Å². The minimum atomic E-state index is -1.35. The van der Waals surface area contributed by atoms with Crippen LogP contribution >= 0.6 is 15.9 Å². The van der Waals surface area contributed by atoms with E-state index in [1.807, 2.05) is 60.7 Å². The summed E-state index contributed by atoms with van der Waals surface area (Å²) in [5.41, 5.74) is 8.18. The predicted octanol–water partition coefficient (Wildman–Crippen LogP) is 2.23. The van der Waals surface area contributed by atoms with Crippen LogP contribution in [0.1, 0.15) is 17.2 Å². The number of β-lactam (4-membered cyclic amide) rings is 1. The van der Waals surface area contributed by atoms with Crippen molar-refractivity contribution in [2.45, 2.75) is 17.5 Å². The smallest absolute Gasteiger partial charge is 0.356 e. The molecule has 2 N–H and O–H groups in total. The van der Waals surface area contributed by atoms with Crippen molar-refractivity contribution in [3.63, 3.8) is 0 Å². The van der Waals surface area contributed by atoms with Crippen molar-refractivity contribution < 1.29 is 18.5 Å². The summed E-state index contributed by atoms with van der Waals surface area (Å²) in [6, 6.07) is 18.0. The number of esters is 1. The zero-order chi connectivity index (χ0) is 20.5. The van der Waals surface area contributed by atoms with E-state index in [4.69, 9.17) is 10.5 Å². The molecule has 8 heteroatoms. The highest BCUT2D eigenvalue weighted by Crippen LogP contribution is 2.36. The van der Waals surface area contributed by atoms with Gasteiger partial charge < -0.3 is 10.5 Å². The van der Waals surface area contributed by atoms with Crippen molar-refractivity contribution in [2.75, 3.05) is 11.1 Å². The SMILES string of the molecule is N[C@@H]1C(=O)N2C(C(=O)OC(c3ccccc3)c3ccccc3)=C(CBr)CS(=O)[C@H]12. The van der Waals surface area contributed by atoms with Crippen LogP contribution in [0.15, 0.2) is 71.9 Å². The molecule has 0 bridgehead atoms. The number of nitrogens with two attached hydrogens (primary N) is 1. The number of alkyl halides is 1. The monoisotopic (exact) mass is 474 g/mol. The number of benzene rings is 2. The molecule has 1 unspecified atom stereocenters. The number of carbonyl (C=O) groups is 2. The standard InChI is InChI=1S/C21H19BrN2O4S/c22-11-15-12-29(27)20-16(23)19(25)24(20)17(15)21(26)28-18(13-7-3-1-4-8-13)14-9-5-2-6-10-14/h1-10,16,18,20H,11-12,23H2/t16-,20-,29?/m1/s1. The second kappa shape index (κ2) is 8.22. The molecule has 0 saturated carbocycles. The fourth-order valence-electron chi connectivity index (χ4n) is 3.59. The molecule has 0 aromatic heterocycles. The molecule has 0 radical (unpaired) electrons. The van der Waals surface area contributed by atoms with E-state index in [0.29, 0.717) is 10.9 Å². The van der Waals surface area contributed by atoms with Crippen LogP contribution in [0.5, 0.6) is 0 Å². The minimum Gasteiger partial charge on any atom is -0.448 e. The van der Waals surface area contributed by atoms with Crippen LogP contribution in [0.2, 0.25) is 0 Å². The lowest BCUT2D eigenvalue weighted by Crippen LogP contribution is -2.72. The normalized spacial score (nSPS) is 23.6. The first-order chi connectivity index (χ1) is 14.0. The molecule has 6 nitrogen and oxygen atoms in total. The first-order valence-corrected chi connectivity index (χ1v) is 11.6. The van der Waals surface area contributed by atoms with Gasteiger partial charge >= 0.3 is 5.97 Å². The number of hydrogen-bond acceptors (Lipinski definition) is 5. The van der Waals surface area contributed by atoms with Gasteiger partial charge in [-0.2, -0.15) is 0 Å². The Hall–Kier alpha value is -2.29. The summed E-state index contributed by atoms with van der Waals surface area (Å²) < 4.78 is 18.4. The number of ether oxygens (including phenoxy) is 1. The van der Waals surface area contributed by atoms with Gasteiger partial charge in [0.15, 0.2) is 6.10 Å². The summed E-state index contributed by atoms with van der Waals surface area (Å²) in [5, 5.41) is -0.365. The molecule has 2 heterocycles. The van der Waals surface area contributed by atoms with Gasteiger partial charge in [0.05, 0.1) is 16.6 Å². The molecule has 0 aliphatic carbocycles. The third-order valence-electron chi connectivity index (χ3n) is 5.03. The first-order valence-electron chi connectivity index (χ1n) is 9.07. The van der Waals surface area contributed by atoms with E-state index in [-0.39, 0.29) is 11.4 Å². The highest BCUT2D eigenvalue weighted by molar-refractivity contribution is 9.09. The third kappa shape index (κ3) is 3.56. The molecule has 29 heavy (non-hydrogen) atoms. The van der Waals surface area contributed by atoms with Crippen LogP contribution in [0, 0.1) is 0 Å². The van der Waals surface area contributed by atoms with Gasteiger partial charge in [-0.05, 0) is 16.7 Å². The molecular weight excluding hydrogens is 456 g/mol. The fraction of sp³-hybridized carbons (Fsp3) is 0.238. The Labute approximate surface area is 179 Å². The maximum Gasteiger partial charge on any atom is 0.356 e. The Kier molecular flexibility index (Phi) is 5.67. The molecule has 1 fully saturated rings. The third-order valence-corrected chi connectivity index (χ3v) is 7.38. The minimum absolute atomic E-state index is 0.148. The number of halogens is 1. The fourth-order valence-corrected chi connectivity index (χ4v) is 5.96. The maximum absolute atomic E-state index is 13.2. The lowest BCUT2D eigenvalue weighted by Gasteiger charge is -2.47. The average molecular weight is 475 g/mol. The number of hydrogen-bond donors (Lipinski definition) is 1. The van der Waals surface area contributed by atoms with Crippen LogP contribution in [0.3, 0.4) is 0 Å². The summed E-state index contributed by atoms with van der Waals surface area (Å²) in [7, 11) is -1.35. The predicted molar refractivity (Wildman–Crippen MR) is 113 cm³/mol. The van der Waals surface area contributed by atoms with Crippen molar-refractivity contribution in [3.8, 4) is 0 Å². The molecule has 1 amide bonds. The first kappa shape index (κ1) is 20.0. The van der Waals surface area contributed by atoms with E-state index in [9.17, 15) is 13.8 Å². The van der Waals surface area contributed by atoms with Gasteiger partial charge in [0.1, 0.15) is 17.1 Å². The van der Waals surface area contributed by atoms with E-state index >= 15 is 0 Å². The topological polar surface area (TPSA) is 89.7 Å². The molecule has 2 aromatic rings. The van der Waals surface area contributed by atoms with Gasteiger partial charge in [0.2, 0.25) is 5.91 Å². The van der Waals surface area contributed by atoms with Crippen molar-refractivity contribution in [1.29, 1.82) is 0 Å². The molecule has 2 aliphatic heterocycles. The second-order valence-corrected chi connectivity index (χ2v) is 8.94. The van der Waals surface area contributed by atoms with E-state index in [0.717, 1.165) is 11.1 Å². The zero-order valence-electron chi connectivity index (χ0n) is 15.4. The van der Waals surface area contributed by atoms with Crippen LogP contribution in [0.25, 0.3) is 0 Å². The summed E-state index contributed by atoms with van der Waals surface area (Å²) in [5.74, 6) is -0.859. The molecule has 3 atom stereocenters.